The Labute approximate surface area is 144 Å². The lowest BCUT2D eigenvalue weighted by atomic mass is 10.1. The zero-order chi connectivity index (χ0) is 16.8. The standard InChI is InChI=1S/C15H21BrN6O/c1-11(5-4-6-21(2)3)20-15(23)12-7-13(16)14(17-8-12)22-9-18-19-10-22/h7-11H,4-6H2,1-3H3,(H,20,23). The van der Waals surface area contributed by atoms with E-state index in [1.54, 1.807) is 29.5 Å². The predicted octanol–water partition coefficient (Wildman–Crippen LogP) is 1.88. The summed E-state index contributed by atoms with van der Waals surface area (Å²) in [5.74, 6) is 0.524. The Kier molecular flexibility index (Phi) is 6.23. The molecule has 0 radical (unpaired) electrons. The first-order valence-corrected chi connectivity index (χ1v) is 8.23. The lowest BCUT2D eigenvalue weighted by molar-refractivity contribution is 0.0937. The molecular weight excluding hydrogens is 360 g/mol. The molecule has 2 aromatic heterocycles. The Morgan fingerprint density at radius 3 is 2.70 bits per heavy atom. The van der Waals surface area contributed by atoms with Crippen molar-refractivity contribution >= 4 is 21.8 Å². The number of halogens is 1. The van der Waals surface area contributed by atoms with Gasteiger partial charge in [0, 0.05) is 12.2 Å². The van der Waals surface area contributed by atoms with Crippen molar-refractivity contribution in [2.45, 2.75) is 25.8 Å². The number of rotatable bonds is 7. The Bertz CT molecular complexity index is 643. The molecule has 7 nitrogen and oxygen atoms in total. The molecule has 1 atom stereocenters. The van der Waals surface area contributed by atoms with Crippen LogP contribution in [0.1, 0.15) is 30.1 Å². The quantitative estimate of drug-likeness (QED) is 0.793. The molecule has 0 aliphatic heterocycles. The van der Waals surface area contributed by atoms with E-state index < -0.39 is 0 Å². The number of pyridine rings is 1. The topological polar surface area (TPSA) is 75.9 Å². The average Bonchev–Trinajstić information content (AvgIpc) is 3.00. The highest BCUT2D eigenvalue weighted by Crippen LogP contribution is 2.19. The highest BCUT2D eigenvalue weighted by molar-refractivity contribution is 9.10. The van der Waals surface area contributed by atoms with E-state index in [1.165, 1.54) is 0 Å². The molecule has 0 aliphatic rings. The van der Waals surface area contributed by atoms with Gasteiger partial charge in [-0.15, -0.1) is 10.2 Å². The van der Waals surface area contributed by atoms with Crippen molar-refractivity contribution in [3.8, 4) is 5.82 Å². The third-order valence-electron chi connectivity index (χ3n) is 3.37. The number of nitrogens with one attached hydrogen (secondary N) is 1. The van der Waals surface area contributed by atoms with Gasteiger partial charge in [-0.2, -0.15) is 0 Å². The average molecular weight is 381 g/mol. The molecule has 2 heterocycles. The van der Waals surface area contributed by atoms with E-state index in [9.17, 15) is 4.79 Å². The molecule has 1 unspecified atom stereocenters. The van der Waals surface area contributed by atoms with Gasteiger partial charge in [0.1, 0.15) is 12.7 Å². The number of aromatic nitrogens is 4. The van der Waals surface area contributed by atoms with Crippen LogP contribution in [0.25, 0.3) is 5.82 Å². The molecule has 0 saturated heterocycles. The van der Waals surface area contributed by atoms with Gasteiger partial charge < -0.3 is 10.2 Å². The van der Waals surface area contributed by atoms with Crippen LogP contribution >= 0.6 is 15.9 Å². The highest BCUT2D eigenvalue weighted by Gasteiger charge is 2.13. The van der Waals surface area contributed by atoms with Crippen molar-refractivity contribution < 1.29 is 4.79 Å². The van der Waals surface area contributed by atoms with Gasteiger partial charge in [0.25, 0.3) is 5.91 Å². The van der Waals surface area contributed by atoms with E-state index in [0.717, 1.165) is 19.4 Å². The number of amides is 1. The van der Waals surface area contributed by atoms with Crippen molar-refractivity contribution in [1.82, 2.24) is 30.0 Å². The lowest BCUT2D eigenvalue weighted by Gasteiger charge is -2.16. The Hall–Kier alpha value is -1.80. The van der Waals surface area contributed by atoms with Crippen LogP contribution in [-0.2, 0) is 0 Å². The molecule has 0 fully saturated rings. The van der Waals surface area contributed by atoms with Gasteiger partial charge in [-0.1, -0.05) is 0 Å². The van der Waals surface area contributed by atoms with Crippen LogP contribution in [-0.4, -0.2) is 57.2 Å². The van der Waals surface area contributed by atoms with Crippen molar-refractivity contribution in [3.63, 3.8) is 0 Å². The van der Waals surface area contributed by atoms with Crippen LogP contribution in [0, 0.1) is 0 Å². The Morgan fingerprint density at radius 1 is 1.39 bits per heavy atom. The molecule has 0 aliphatic carbocycles. The summed E-state index contributed by atoms with van der Waals surface area (Å²) < 4.78 is 2.39. The summed E-state index contributed by atoms with van der Waals surface area (Å²) in [4.78, 5) is 18.7. The molecule has 0 spiro atoms. The van der Waals surface area contributed by atoms with Crippen molar-refractivity contribution in [1.29, 1.82) is 0 Å². The summed E-state index contributed by atoms with van der Waals surface area (Å²) in [6, 6.07) is 1.88. The summed E-state index contributed by atoms with van der Waals surface area (Å²) in [7, 11) is 4.09. The van der Waals surface area contributed by atoms with E-state index in [1.807, 2.05) is 21.0 Å². The van der Waals surface area contributed by atoms with Crippen molar-refractivity contribution in [2.24, 2.45) is 0 Å². The maximum atomic E-state index is 12.3. The summed E-state index contributed by atoms with van der Waals surface area (Å²) in [6.45, 7) is 3.03. The first-order chi connectivity index (χ1) is 11.0. The zero-order valence-corrected chi connectivity index (χ0v) is 15.1. The largest absolute Gasteiger partial charge is 0.350 e. The Morgan fingerprint density at radius 2 is 2.09 bits per heavy atom. The zero-order valence-electron chi connectivity index (χ0n) is 13.5. The maximum absolute atomic E-state index is 12.3. The SMILES string of the molecule is CC(CCCN(C)C)NC(=O)c1cnc(-n2cnnc2)c(Br)c1. The fourth-order valence-electron chi connectivity index (χ4n) is 2.15. The molecule has 1 amide bonds. The second kappa shape index (κ2) is 8.16. The predicted molar refractivity (Wildman–Crippen MR) is 91.6 cm³/mol. The smallest absolute Gasteiger partial charge is 0.253 e. The minimum atomic E-state index is -0.120. The van der Waals surface area contributed by atoms with Crippen LogP contribution < -0.4 is 5.32 Å². The number of hydrogen-bond acceptors (Lipinski definition) is 5. The van der Waals surface area contributed by atoms with E-state index in [-0.39, 0.29) is 11.9 Å². The first-order valence-electron chi connectivity index (χ1n) is 7.43. The van der Waals surface area contributed by atoms with E-state index in [2.05, 4.69) is 41.3 Å². The summed E-state index contributed by atoms with van der Waals surface area (Å²) in [6.07, 6.45) is 6.65. The van der Waals surface area contributed by atoms with E-state index in [4.69, 9.17) is 0 Å². The molecule has 124 valence electrons. The molecule has 2 aromatic rings. The monoisotopic (exact) mass is 380 g/mol. The fraction of sp³-hybridized carbons (Fsp3) is 0.467. The van der Waals surface area contributed by atoms with Crippen LogP contribution in [0.15, 0.2) is 29.4 Å². The summed E-state index contributed by atoms with van der Waals surface area (Å²) in [5.41, 5.74) is 0.521. The first kappa shape index (κ1) is 17.6. The van der Waals surface area contributed by atoms with Crippen LogP contribution in [0.3, 0.4) is 0 Å². The molecule has 0 saturated carbocycles. The minimum absolute atomic E-state index is 0.120. The highest BCUT2D eigenvalue weighted by atomic mass is 79.9. The molecule has 8 heteroatoms. The third-order valence-corrected chi connectivity index (χ3v) is 3.95. The van der Waals surface area contributed by atoms with Crippen LogP contribution in [0.2, 0.25) is 0 Å². The summed E-state index contributed by atoms with van der Waals surface area (Å²) >= 11 is 3.44. The van der Waals surface area contributed by atoms with Crippen molar-refractivity contribution in [3.05, 3.63) is 35.0 Å². The van der Waals surface area contributed by atoms with Gasteiger partial charge in [0.2, 0.25) is 0 Å². The van der Waals surface area contributed by atoms with Gasteiger partial charge in [0.15, 0.2) is 5.82 Å². The van der Waals surface area contributed by atoms with Gasteiger partial charge in [-0.3, -0.25) is 9.36 Å². The molecule has 1 N–H and O–H groups in total. The molecule has 0 bridgehead atoms. The third kappa shape index (κ3) is 5.11. The van der Waals surface area contributed by atoms with Crippen molar-refractivity contribution in [2.75, 3.05) is 20.6 Å². The Balaban J connectivity index is 1.96. The van der Waals surface area contributed by atoms with E-state index in [0.29, 0.717) is 15.9 Å². The maximum Gasteiger partial charge on any atom is 0.253 e. The van der Waals surface area contributed by atoms with Gasteiger partial charge >= 0.3 is 0 Å². The minimum Gasteiger partial charge on any atom is -0.350 e. The molecular formula is C15H21BrN6O. The number of hydrogen-bond donors (Lipinski definition) is 1. The second-order valence-electron chi connectivity index (χ2n) is 5.72. The van der Waals surface area contributed by atoms with E-state index >= 15 is 0 Å². The van der Waals surface area contributed by atoms with Gasteiger partial charge in [-0.25, -0.2) is 4.98 Å². The van der Waals surface area contributed by atoms with Crippen LogP contribution in [0.4, 0.5) is 0 Å². The number of nitrogens with zero attached hydrogens (tertiary/aromatic N) is 5. The van der Waals surface area contributed by atoms with Crippen LogP contribution in [0.5, 0.6) is 0 Å². The molecule has 0 aromatic carbocycles. The lowest BCUT2D eigenvalue weighted by Crippen LogP contribution is -2.33. The van der Waals surface area contributed by atoms with Gasteiger partial charge in [0.05, 0.1) is 10.0 Å². The number of carbonyl (C=O) groups is 1. The second-order valence-corrected chi connectivity index (χ2v) is 6.57. The molecule has 2 rings (SSSR count). The molecule has 23 heavy (non-hydrogen) atoms. The number of carbonyl (C=O) groups excluding carboxylic acids is 1. The fourth-order valence-corrected chi connectivity index (χ4v) is 2.70. The normalized spacial score (nSPS) is 12.4. The summed E-state index contributed by atoms with van der Waals surface area (Å²) in [5, 5.41) is 10.5. The van der Waals surface area contributed by atoms with Gasteiger partial charge in [-0.05, 0) is 62.4 Å².